The van der Waals surface area contributed by atoms with Gasteiger partial charge in [0.25, 0.3) is 0 Å². The minimum atomic E-state index is -0.426. The van der Waals surface area contributed by atoms with E-state index in [9.17, 15) is 9.59 Å². The second-order valence-electron chi connectivity index (χ2n) is 6.49. The number of carbonyl (C=O) groups is 2. The van der Waals surface area contributed by atoms with E-state index < -0.39 is 5.91 Å². The average molecular weight is 328 g/mol. The molecule has 4 rings (SSSR count). The number of anilines is 1. The molecule has 126 valence electrons. The fourth-order valence-corrected chi connectivity index (χ4v) is 3.95. The van der Waals surface area contributed by atoms with Crippen LogP contribution in [-0.2, 0) is 9.59 Å². The molecule has 0 radical (unpaired) electrons. The molecule has 8 heteroatoms. The van der Waals surface area contributed by atoms with Gasteiger partial charge in [-0.1, -0.05) is 0 Å². The van der Waals surface area contributed by atoms with E-state index in [2.05, 4.69) is 19.9 Å². The highest BCUT2D eigenvalue weighted by Gasteiger charge is 2.42. The Morgan fingerprint density at radius 1 is 1.21 bits per heavy atom. The summed E-state index contributed by atoms with van der Waals surface area (Å²) < 4.78 is 0. The highest BCUT2D eigenvalue weighted by Crippen LogP contribution is 2.34. The van der Waals surface area contributed by atoms with E-state index in [1.54, 1.807) is 6.33 Å². The first-order valence-electron chi connectivity index (χ1n) is 8.26. The number of H-pyrrole nitrogens is 1. The number of hydrogen-bond acceptors (Lipinski definition) is 5. The summed E-state index contributed by atoms with van der Waals surface area (Å²) in [5.74, 6) is 0.531. The fraction of sp³-hybridized carbons (Fsp3) is 0.500. The van der Waals surface area contributed by atoms with Crippen LogP contribution in [0.1, 0.15) is 25.7 Å². The molecule has 2 bridgehead atoms. The molecule has 8 nitrogen and oxygen atoms in total. The number of nitrogens with two attached hydrogens (primary N) is 1. The number of rotatable bonds is 4. The summed E-state index contributed by atoms with van der Waals surface area (Å²) in [6.07, 6.45) is 5.74. The smallest absolute Gasteiger partial charge is 0.223 e. The van der Waals surface area contributed by atoms with Crippen LogP contribution in [0.5, 0.6) is 0 Å². The van der Waals surface area contributed by atoms with E-state index in [4.69, 9.17) is 5.73 Å². The molecule has 24 heavy (non-hydrogen) atoms. The Hall–Kier alpha value is -2.64. The van der Waals surface area contributed by atoms with E-state index in [-0.39, 0.29) is 30.8 Å². The van der Waals surface area contributed by atoms with Gasteiger partial charge >= 0.3 is 0 Å². The lowest BCUT2D eigenvalue weighted by atomic mass is 10.1. The van der Waals surface area contributed by atoms with Crippen molar-refractivity contribution in [3.05, 3.63) is 18.6 Å². The average Bonchev–Trinajstić information content (AvgIpc) is 3.14. The van der Waals surface area contributed by atoms with Crippen LogP contribution in [0.3, 0.4) is 0 Å². The van der Waals surface area contributed by atoms with Crippen LogP contribution in [0.25, 0.3) is 11.0 Å². The number of piperazine rings is 1. The summed E-state index contributed by atoms with van der Waals surface area (Å²) in [5, 5.41) is 1.01. The van der Waals surface area contributed by atoms with Crippen LogP contribution in [0.15, 0.2) is 18.6 Å². The maximum atomic E-state index is 12.4. The van der Waals surface area contributed by atoms with E-state index in [1.165, 1.54) is 0 Å². The van der Waals surface area contributed by atoms with E-state index in [1.807, 2.05) is 17.2 Å². The van der Waals surface area contributed by atoms with Crippen LogP contribution >= 0.6 is 0 Å². The van der Waals surface area contributed by atoms with E-state index in [0.717, 1.165) is 42.8 Å². The summed E-state index contributed by atoms with van der Waals surface area (Å²) >= 11 is 0. The zero-order valence-corrected chi connectivity index (χ0v) is 13.3. The maximum absolute atomic E-state index is 12.4. The van der Waals surface area contributed by atoms with Crippen molar-refractivity contribution in [3.63, 3.8) is 0 Å². The summed E-state index contributed by atoms with van der Waals surface area (Å²) in [4.78, 5) is 39.4. The summed E-state index contributed by atoms with van der Waals surface area (Å²) in [6, 6.07) is 2.33. The zero-order chi connectivity index (χ0) is 16.7. The summed E-state index contributed by atoms with van der Waals surface area (Å²) in [7, 11) is 0. The first-order valence-corrected chi connectivity index (χ1v) is 8.26. The van der Waals surface area contributed by atoms with Crippen LogP contribution in [0.2, 0.25) is 0 Å². The molecule has 2 aliphatic heterocycles. The van der Waals surface area contributed by atoms with Crippen LogP contribution in [0, 0.1) is 0 Å². The van der Waals surface area contributed by atoms with Crippen molar-refractivity contribution in [2.45, 2.75) is 37.8 Å². The van der Waals surface area contributed by atoms with Gasteiger partial charge in [-0.2, -0.15) is 0 Å². The van der Waals surface area contributed by atoms with Crippen LogP contribution in [-0.4, -0.2) is 56.8 Å². The number of hydrogen-bond donors (Lipinski definition) is 2. The number of primary amides is 1. The first kappa shape index (κ1) is 14.9. The largest absolute Gasteiger partial charge is 0.370 e. The van der Waals surface area contributed by atoms with Crippen molar-refractivity contribution < 1.29 is 9.59 Å². The summed E-state index contributed by atoms with van der Waals surface area (Å²) in [6.45, 7) is 1.52. The van der Waals surface area contributed by atoms with Gasteiger partial charge in [0, 0.05) is 44.2 Å². The van der Waals surface area contributed by atoms with Crippen molar-refractivity contribution >= 4 is 28.7 Å². The first-order chi connectivity index (χ1) is 11.6. The van der Waals surface area contributed by atoms with Gasteiger partial charge in [0.05, 0.1) is 5.39 Å². The molecule has 0 spiro atoms. The van der Waals surface area contributed by atoms with Crippen molar-refractivity contribution in [2.24, 2.45) is 5.73 Å². The normalized spacial score (nSPS) is 23.0. The Labute approximate surface area is 139 Å². The minimum Gasteiger partial charge on any atom is -0.370 e. The lowest BCUT2D eigenvalue weighted by Gasteiger charge is -2.41. The molecule has 2 unspecified atom stereocenters. The molecule has 0 aromatic carbocycles. The molecular weight excluding hydrogens is 308 g/mol. The molecule has 0 saturated carbocycles. The van der Waals surface area contributed by atoms with Gasteiger partial charge < -0.3 is 20.5 Å². The maximum Gasteiger partial charge on any atom is 0.223 e. The number of carbonyl (C=O) groups excluding carboxylic acids is 2. The van der Waals surface area contributed by atoms with Gasteiger partial charge in [-0.15, -0.1) is 0 Å². The van der Waals surface area contributed by atoms with Gasteiger partial charge in [-0.25, -0.2) is 9.97 Å². The second-order valence-corrected chi connectivity index (χ2v) is 6.49. The van der Waals surface area contributed by atoms with Gasteiger partial charge in [0.15, 0.2) is 0 Å². The molecule has 2 fully saturated rings. The SMILES string of the molecule is NC(=O)CCC(=O)N1C2CCC1CN(c1ncnc3[nH]ccc13)C2. The van der Waals surface area contributed by atoms with Gasteiger partial charge in [-0.3, -0.25) is 9.59 Å². The standard InChI is InChI=1S/C16H20N6O2/c17-13(23)3-4-14(24)22-10-1-2-11(22)8-21(7-10)16-12-5-6-18-15(12)19-9-20-16/h5-6,9-11H,1-4,7-8H2,(H2,17,23)(H,18,19,20). The number of nitrogens with zero attached hydrogens (tertiary/aromatic N) is 4. The Morgan fingerprint density at radius 3 is 2.67 bits per heavy atom. The fourth-order valence-electron chi connectivity index (χ4n) is 3.95. The van der Waals surface area contributed by atoms with E-state index in [0.29, 0.717) is 0 Å². The summed E-state index contributed by atoms with van der Waals surface area (Å²) in [5.41, 5.74) is 5.99. The number of amides is 2. The zero-order valence-electron chi connectivity index (χ0n) is 13.3. The molecule has 0 aliphatic carbocycles. The molecule has 2 aromatic rings. The monoisotopic (exact) mass is 328 g/mol. The third-order valence-electron chi connectivity index (χ3n) is 4.99. The van der Waals surface area contributed by atoms with Gasteiger partial charge in [-0.05, 0) is 18.9 Å². The lowest BCUT2D eigenvalue weighted by molar-refractivity contribution is -0.136. The molecular formula is C16H20N6O2. The predicted octanol–water partition coefficient (Wildman–Crippen LogP) is 0.403. The molecule has 2 amide bonds. The topological polar surface area (TPSA) is 108 Å². The molecule has 4 heterocycles. The Bertz CT molecular complexity index is 774. The number of nitrogens with one attached hydrogen (secondary N) is 1. The quantitative estimate of drug-likeness (QED) is 0.845. The Morgan fingerprint density at radius 2 is 1.96 bits per heavy atom. The van der Waals surface area contributed by atoms with Crippen molar-refractivity contribution in [3.8, 4) is 0 Å². The minimum absolute atomic E-state index is 0.0374. The second kappa shape index (κ2) is 5.77. The van der Waals surface area contributed by atoms with Crippen molar-refractivity contribution in [1.82, 2.24) is 19.9 Å². The molecule has 2 saturated heterocycles. The Balaban J connectivity index is 1.53. The highest BCUT2D eigenvalue weighted by molar-refractivity contribution is 5.88. The van der Waals surface area contributed by atoms with Crippen LogP contribution in [0.4, 0.5) is 5.82 Å². The van der Waals surface area contributed by atoms with Gasteiger partial charge in [0.2, 0.25) is 11.8 Å². The third kappa shape index (κ3) is 2.47. The molecule has 2 aromatic heterocycles. The third-order valence-corrected chi connectivity index (χ3v) is 4.99. The van der Waals surface area contributed by atoms with Crippen molar-refractivity contribution in [2.75, 3.05) is 18.0 Å². The van der Waals surface area contributed by atoms with Crippen molar-refractivity contribution in [1.29, 1.82) is 0 Å². The van der Waals surface area contributed by atoms with Gasteiger partial charge in [0.1, 0.15) is 17.8 Å². The molecule has 2 atom stereocenters. The number of fused-ring (bicyclic) bond motifs is 3. The lowest BCUT2D eigenvalue weighted by Crippen LogP contribution is -2.56. The molecule has 3 N–H and O–H groups in total. The molecule has 2 aliphatic rings. The van der Waals surface area contributed by atoms with Crippen LogP contribution < -0.4 is 10.6 Å². The predicted molar refractivity (Wildman–Crippen MR) is 88.2 cm³/mol. The van der Waals surface area contributed by atoms with E-state index >= 15 is 0 Å². The Kier molecular flexibility index (Phi) is 3.59. The number of aromatic amines is 1. The number of aromatic nitrogens is 3. The highest BCUT2D eigenvalue weighted by atomic mass is 16.2.